The van der Waals surface area contributed by atoms with Crippen LogP contribution in [-0.2, 0) is 4.79 Å². The Kier molecular flexibility index (Phi) is 4.34. The van der Waals surface area contributed by atoms with Crippen molar-refractivity contribution in [3.63, 3.8) is 0 Å². The lowest BCUT2D eigenvalue weighted by Crippen LogP contribution is -2.25. The van der Waals surface area contributed by atoms with E-state index >= 15 is 0 Å². The van der Waals surface area contributed by atoms with E-state index in [1.807, 2.05) is 6.92 Å². The smallest absolute Gasteiger partial charge is 0.253 e. The number of methoxy groups -OCH3 is 2. The number of nitrogens with one attached hydrogen (secondary N) is 2. The maximum absolute atomic E-state index is 12.0. The molecule has 20 heavy (non-hydrogen) atoms. The van der Waals surface area contributed by atoms with Crippen molar-refractivity contribution >= 4 is 23.5 Å². The summed E-state index contributed by atoms with van der Waals surface area (Å²) >= 11 is 6.30. The molecule has 0 aromatic heterocycles. The number of guanidine groups is 1. The molecule has 108 valence electrons. The van der Waals surface area contributed by atoms with Crippen LogP contribution in [0.25, 0.3) is 0 Å². The van der Waals surface area contributed by atoms with Crippen molar-refractivity contribution in [3.8, 4) is 11.5 Å². The summed E-state index contributed by atoms with van der Waals surface area (Å²) in [4.78, 5) is 16.1. The van der Waals surface area contributed by atoms with E-state index < -0.39 is 6.04 Å². The number of hydrogen-bond donors (Lipinski definition) is 2. The van der Waals surface area contributed by atoms with Gasteiger partial charge in [0.2, 0.25) is 0 Å². The molecule has 0 spiro atoms. The first-order valence-corrected chi connectivity index (χ1v) is 6.52. The second-order valence-electron chi connectivity index (χ2n) is 4.09. The first-order valence-electron chi connectivity index (χ1n) is 6.14. The van der Waals surface area contributed by atoms with Crippen molar-refractivity contribution < 1.29 is 14.3 Å². The summed E-state index contributed by atoms with van der Waals surface area (Å²) in [5, 5.41) is 6.01. The molecule has 1 fully saturated rings. The number of amides is 1. The van der Waals surface area contributed by atoms with Crippen LogP contribution in [0.4, 0.5) is 0 Å². The van der Waals surface area contributed by atoms with Crippen molar-refractivity contribution in [2.24, 2.45) is 4.99 Å². The molecule has 1 saturated heterocycles. The Balaban J connectivity index is 2.39. The van der Waals surface area contributed by atoms with Crippen molar-refractivity contribution in [1.29, 1.82) is 0 Å². The zero-order valence-electron chi connectivity index (χ0n) is 11.5. The SMILES string of the molecule is CCN=C1NC(=O)C(c2ccc(OC)c(OC)c2Cl)N1. The van der Waals surface area contributed by atoms with Gasteiger partial charge in [0.1, 0.15) is 6.04 Å². The monoisotopic (exact) mass is 297 g/mol. The van der Waals surface area contributed by atoms with Gasteiger partial charge in [-0.1, -0.05) is 17.7 Å². The van der Waals surface area contributed by atoms with Gasteiger partial charge in [0.05, 0.1) is 19.2 Å². The summed E-state index contributed by atoms with van der Waals surface area (Å²) in [5.74, 6) is 1.17. The van der Waals surface area contributed by atoms with Crippen LogP contribution in [0.15, 0.2) is 17.1 Å². The van der Waals surface area contributed by atoms with E-state index in [2.05, 4.69) is 15.6 Å². The van der Waals surface area contributed by atoms with Crippen LogP contribution in [0.5, 0.6) is 11.5 Å². The van der Waals surface area contributed by atoms with Crippen LogP contribution >= 0.6 is 11.6 Å². The lowest BCUT2D eigenvalue weighted by Gasteiger charge is -2.15. The lowest BCUT2D eigenvalue weighted by molar-refractivity contribution is -0.120. The minimum Gasteiger partial charge on any atom is -0.493 e. The van der Waals surface area contributed by atoms with E-state index in [9.17, 15) is 4.79 Å². The van der Waals surface area contributed by atoms with Gasteiger partial charge in [-0.05, 0) is 13.0 Å². The van der Waals surface area contributed by atoms with Crippen molar-refractivity contribution in [3.05, 3.63) is 22.7 Å². The zero-order valence-corrected chi connectivity index (χ0v) is 12.2. The van der Waals surface area contributed by atoms with E-state index in [0.717, 1.165) is 0 Å². The maximum atomic E-state index is 12.0. The number of aliphatic imine (C=N–C) groups is 1. The van der Waals surface area contributed by atoms with Crippen LogP contribution in [0, 0.1) is 0 Å². The molecule has 1 amide bonds. The molecule has 1 heterocycles. The third-order valence-corrected chi connectivity index (χ3v) is 3.32. The molecule has 6 nitrogen and oxygen atoms in total. The molecule has 2 N–H and O–H groups in total. The van der Waals surface area contributed by atoms with Gasteiger partial charge >= 0.3 is 0 Å². The van der Waals surface area contributed by atoms with Gasteiger partial charge in [0, 0.05) is 12.1 Å². The molecule has 1 aromatic rings. The number of carbonyl (C=O) groups excluding carboxylic acids is 1. The van der Waals surface area contributed by atoms with Gasteiger partial charge in [-0.25, -0.2) is 0 Å². The van der Waals surface area contributed by atoms with Crippen molar-refractivity contribution in [1.82, 2.24) is 10.6 Å². The number of nitrogens with zero attached hydrogens (tertiary/aromatic N) is 1. The first kappa shape index (κ1) is 14.5. The Labute approximate surface area is 122 Å². The largest absolute Gasteiger partial charge is 0.493 e. The minimum absolute atomic E-state index is 0.202. The molecular formula is C13H16ClN3O3. The molecule has 0 saturated carbocycles. The fourth-order valence-electron chi connectivity index (χ4n) is 2.02. The highest BCUT2D eigenvalue weighted by atomic mass is 35.5. The van der Waals surface area contributed by atoms with Crippen LogP contribution in [0.1, 0.15) is 18.5 Å². The fourth-order valence-corrected chi connectivity index (χ4v) is 2.36. The summed E-state index contributed by atoms with van der Waals surface area (Å²) in [5.41, 5.74) is 0.614. The topological polar surface area (TPSA) is 72.0 Å². The highest BCUT2D eigenvalue weighted by Crippen LogP contribution is 2.40. The van der Waals surface area contributed by atoms with Gasteiger partial charge in [-0.3, -0.25) is 15.1 Å². The second kappa shape index (κ2) is 6.00. The average Bonchev–Trinajstić information content (AvgIpc) is 2.79. The summed E-state index contributed by atoms with van der Waals surface area (Å²) < 4.78 is 10.4. The molecule has 1 aliphatic heterocycles. The third kappa shape index (κ3) is 2.51. The molecule has 1 aliphatic rings. The number of halogens is 1. The average molecular weight is 298 g/mol. The maximum Gasteiger partial charge on any atom is 0.253 e. The summed E-state index contributed by atoms with van der Waals surface area (Å²) in [7, 11) is 3.03. The Morgan fingerprint density at radius 2 is 2.10 bits per heavy atom. The molecule has 7 heteroatoms. The molecule has 1 unspecified atom stereocenters. The quantitative estimate of drug-likeness (QED) is 0.883. The second-order valence-corrected chi connectivity index (χ2v) is 4.47. The van der Waals surface area contributed by atoms with E-state index in [4.69, 9.17) is 21.1 Å². The van der Waals surface area contributed by atoms with E-state index in [1.54, 1.807) is 12.1 Å². The molecular weight excluding hydrogens is 282 g/mol. The van der Waals surface area contributed by atoms with Gasteiger partial charge in [0.15, 0.2) is 17.5 Å². The standard InChI is InChI=1S/C13H16ClN3O3/c1-4-15-13-16-10(12(18)17-13)7-5-6-8(19-2)11(20-3)9(7)14/h5-6,10H,4H2,1-3H3,(H2,15,16,17,18). The number of ether oxygens (including phenoxy) is 2. The lowest BCUT2D eigenvalue weighted by atomic mass is 10.1. The zero-order chi connectivity index (χ0) is 14.7. The first-order chi connectivity index (χ1) is 9.62. The van der Waals surface area contributed by atoms with Gasteiger partial charge in [-0.2, -0.15) is 0 Å². The molecule has 0 bridgehead atoms. The highest BCUT2D eigenvalue weighted by molar-refractivity contribution is 6.33. The highest BCUT2D eigenvalue weighted by Gasteiger charge is 2.32. The fraction of sp³-hybridized carbons (Fsp3) is 0.385. The summed E-state index contributed by atoms with van der Waals surface area (Å²) in [6.07, 6.45) is 0. The summed E-state index contributed by atoms with van der Waals surface area (Å²) in [6, 6.07) is 2.85. The summed E-state index contributed by atoms with van der Waals surface area (Å²) in [6.45, 7) is 2.46. The van der Waals surface area contributed by atoms with Crippen LogP contribution in [-0.4, -0.2) is 32.6 Å². The molecule has 0 aliphatic carbocycles. The number of hydrogen-bond acceptors (Lipinski definition) is 4. The molecule has 0 radical (unpaired) electrons. The molecule has 1 aromatic carbocycles. The predicted octanol–water partition coefficient (Wildman–Crippen LogP) is 1.49. The van der Waals surface area contributed by atoms with E-state index in [-0.39, 0.29) is 5.91 Å². The van der Waals surface area contributed by atoms with Gasteiger partial charge in [0.25, 0.3) is 5.91 Å². The normalized spacial score (nSPS) is 19.7. The van der Waals surface area contributed by atoms with Gasteiger partial charge < -0.3 is 14.8 Å². The van der Waals surface area contributed by atoms with Gasteiger partial charge in [-0.15, -0.1) is 0 Å². The van der Waals surface area contributed by atoms with Crippen LogP contribution in [0.2, 0.25) is 5.02 Å². The third-order valence-electron chi connectivity index (χ3n) is 2.93. The minimum atomic E-state index is -0.590. The predicted molar refractivity (Wildman–Crippen MR) is 76.6 cm³/mol. The van der Waals surface area contributed by atoms with Crippen molar-refractivity contribution in [2.45, 2.75) is 13.0 Å². The van der Waals surface area contributed by atoms with Crippen molar-refractivity contribution in [2.75, 3.05) is 20.8 Å². The molecule has 2 rings (SSSR count). The van der Waals surface area contributed by atoms with E-state index in [0.29, 0.717) is 34.6 Å². The Hall–Kier alpha value is -1.95. The number of carbonyl (C=O) groups is 1. The Morgan fingerprint density at radius 1 is 1.35 bits per heavy atom. The number of rotatable bonds is 4. The van der Waals surface area contributed by atoms with Crippen LogP contribution < -0.4 is 20.1 Å². The van der Waals surface area contributed by atoms with Crippen LogP contribution in [0.3, 0.4) is 0 Å². The Bertz CT molecular complexity index is 560. The molecule has 1 atom stereocenters. The number of benzene rings is 1. The Morgan fingerprint density at radius 3 is 2.70 bits per heavy atom. The van der Waals surface area contributed by atoms with E-state index in [1.165, 1.54) is 14.2 Å².